The number of aromatic nitrogens is 4. The topological polar surface area (TPSA) is 63.9 Å². The largest absolute Gasteiger partial charge is 0.329 e. The lowest BCUT2D eigenvalue weighted by Crippen LogP contribution is -2.38. The van der Waals surface area contributed by atoms with Gasteiger partial charge in [-0.3, -0.25) is 4.79 Å². The van der Waals surface area contributed by atoms with E-state index in [9.17, 15) is 4.79 Å². The molecule has 162 valence electrons. The first-order valence-electron chi connectivity index (χ1n) is 10.6. The maximum atomic E-state index is 13.1. The molecular formula is C25H19N5OS2. The third-order valence-electron chi connectivity index (χ3n) is 5.74. The van der Waals surface area contributed by atoms with Gasteiger partial charge in [0.15, 0.2) is 11.6 Å². The Morgan fingerprint density at radius 1 is 0.848 bits per heavy atom. The van der Waals surface area contributed by atoms with E-state index in [0.29, 0.717) is 25.2 Å². The third kappa shape index (κ3) is 3.77. The molecule has 0 atom stereocenters. The van der Waals surface area contributed by atoms with Crippen molar-refractivity contribution < 1.29 is 4.79 Å². The fourth-order valence-corrected chi connectivity index (χ4v) is 5.64. The van der Waals surface area contributed by atoms with Crippen LogP contribution in [0.5, 0.6) is 0 Å². The Morgan fingerprint density at radius 2 is 1.67 bits per heavy atom. The molecule has 1 amide bonds. The highest BCUT2D eigenvalue weighted by atomic mass is 32.1. The van der Waals surface area contributed by atoms with Crippen molar-refractivity contribution >= 4 is 28.6 Å². The number of carbonyl (C=O) groups excluding carboxylic acids is 1. The van der Waals surface area contributed by atoms with E-state index in [1.165, 1.54) is 0 Å². The first-order chi connectivity index (χ1) is 16.3. The minimum absolute atomic E-state index is 0.0130. The molecule has 4 heterocycles. The number of hydrogen-bond acceptors (Lipinski definition) is 6. The van der Waals surface area contributed by atoms with Crippen LogP contribution in [-0.2, 0) is 13.1 Å². The molecule has 33 heavy (non-hydrogen) atoms. The van der Waals surface area contributed by atoms with Crippen LogP contribution < -0.4 is 0 Å². The lowest BCUT2D eigenvalue weighted by Gasteiger charge is -2.27. The molecule has 2 aromatic carbocycles. The highest BCUT2D eigenvalue weighted by Gasteiger charge is 2.26. The zero-order chi connectivity index (χ0) is 22.2. The van der Waals surface area contributed by atoms with Crippen LogP contribution in [0.25, 0.3) is 32.5 Å². The summed E-state index contributed by atoms with van der Waals surface area (Å²) in [7, 11) is 0. The molecule has 0 aliphatic carbocycles. The Morgan fingerprint density at radius 3 is 2.45 bits per heavy atom. The number of carbonyl (C=O) groups is 1. The van der Waals surface area contributed by atoms with E-state index in [0.717, 1.165) is 38.4 Å². The van der Waals surface area contributed by atoms with E-state index in [-0.39, 0.29) is 5.91 Å². The molecule has 0 saturated carbocycles. The molecule has 6 nitrogen and oxygen atoms in total. The second-order valence-electron chi connectivity index (χ2n) is 7.78. The molecule has 0 fully saturated rings. The van der Waals surface area contributed by atoms with Gasteiger partial charge in [0, 0.05) is 24.0 Å². The summed E-state index contributed by atoms with van der Waals surface area (Å²) in [4.78, 5) is 20.9. The van der Waals surface area contributed by atoms with Crippen molar-refractivity contribution in [3.8, 4) is 32.5 Å². The molecule has 0 spiro atoms. The number of hydrogen-bond donors (Lipinski definition) is 0. The number of fused-ring (bicyclic) bond motifs is 1. The van der Waals surface area contributed by atoms with Gasteiger partial charge < -0.3 is 9.47 Å². The van der Waals surface area contributed by atoms with Gasteiger partial charge in [-0.05, 0) is 34.7 Å². The van der Waals surface area contributed by atoms with E-state index in [1.807, 2.05) is 58.8 Å². The molecular weight excluding hydrogens is 450 g/mol. The summed E-state index contributed by atoms with van der Waals surface area (Å²) in [5.74, 6) is 1.57. The second-order valence-corrected chi connectivity index (χ2v) is 9.58. The molecule has 8 heteroatoms. The van der Waals surface area contributed by atoms with Crippen molar-refractivity contribution in [1.29, 1.82) is 0 Å². The lowest BCUT2D eigenvalue weighted by atomic mass is 10.0. The quantitative estimate of drug-likeness (QED) is 0.351. The highest BCUT2D eigenvalue weighted by Crippen LogP contribution is 2.32. The van der Waals surface area contributed by atoms with Crippen LogP contribution in [0.15, 0.2) is 77.5 Å². The number of thiazole rings is 1. The fraction of sp³-hybridized carbons (Fsp3) is 0.120. The van der Waals surface area contributed by atoms with Gasteiger partial charge in [-0.25, -0.2) is 4.98 Å². The molecule has 0 bridgehead atoms. The Labute approximate surface area is 198 Å². The van der Waals surface area contributed by atoms with Crippen molar-refractivity contribution in [2.75, 3.05) is 6.54 Å². The van der Waals surface area contributed by atoms with Crippen LogP contribution >= 0.6 is 22.7 Å². The van der Waals surface area contributed by atoms with Gasteiger partial charge in [-0.2, -0.15) is 0 Å². The second kappa shape index (κ2) is 8.38. The van der Waals surface area contributed by atoms with E-state index >= 15 is 0 Å². The molecule has 1 aliphatic rings. The van der Waals surface area contributed by atoms with Gasteiger partial charge in [0.05, 0.1) is 11.4 Å². The maximum Gasteiger partial charge on any atom is 0.254 e. The molecule has 0 unspecified atom stereocenters. The molecule has 6 rings (SSSR count). The number of thiophene rings is 1. The van der Waals surface area contributed by atoms with Crippen LogP contribution in [0.3, 0.4) is 0 Å². The van der Waals surface area contributed by atoms with Gasteiger partial charge >= 0.3 is 0 Å². The van der Waals surface area contributed by atoms with Crippen LogP contribution in [0, 0.1) is 0 Å². The third-order valence-corrected chi connectivity index (χ3v) is 7.63. The first-order valence-corrected chi connectivity index (χ1v) is 12.4. The van der Waals surface area contributed by atoms with Crippen molar-refractivity contribution in [2.24, 2.45) is 0 Å². The van der Waals surface area contributed by atoms with E-state index in [1.54, 1.807) is 22.7 Å². The van der Waals surface area contributed by atoms with Gasteiger partial charge in [0.25, 0.3) is 5.91 Å². The minimum atomic E-state index is 0.0130. The summed E-state index contributed by atoms with van der Waals surface area (Å²) in [6.07, 6.45) is 0. The number of rotatable bonds is 4. The summed E-state index contributed by atoms with van der Waals surface area (Å²) in [6.45, 7) is 1.70. The zero-order valence-electron chi connectivity index (χ0n) is 17.6. The Bertz CT molecular complexity index is 1410. The smallest absolute Gasteiger partial charge is 0.254 e. The summed E-state index contributed by atoms with van der Waals surface area (Å²) in [6, 6.07) is 22.1. The zero-order valence-corrected chi connectivity index (χ0v) is 19.2. The standard InChI is InChI=1S/C25H19N5OS2/c31-25(19-10-8-18(9-11-19)17-5-2-1-3-6-17)29-12-13-30-22(15-29)27-28-23(30)20-16-33-24(26-20)21-7-4-14-32-21/h1-11,14,16H,12-13,15H2. The maximum absolute atomic E-state index is 13.1. The predicted octanol–water partition coefficient (Wildman–Crippen LogP) is 5.45. The van der Waals surface area contributed by atoms with Crippen molar-refractivity contribution in [2.45, 2.75) is 13.1 Å². The monoisotopic (exact) mass is 469 g/mol. The lowest BCUT2D eigenvalue weighted by molar-refractivity contribution is 0.0708. The molecule has 0 N–H and O–H groups in total. The number of nitrogens with zero attached hydrogens (tertiary/aromatic N) is 5. The minimum Gasteiger partial charge on any atom is -0.329 e. The van der Waals surface area contributed by atoms with E-state index < -0.39 is 0 Å². The summed E-state index contributed by atoms with van der Waals surface area (Å²) in [5, 5.41) is 13.8. The predicted molar refractivity (Wildman–Crippen MR) is 131 cm³/mol. The molecule has 1 aliphatic heterocycles. The summed E-state index contributed by atoms with van der Waals surface area (Å²) in [5.41, 5.74) is 3.75. The highest BCUT2D eigenvalue weighted by molar-refractivity contribution is 7.20. The molecule has 0 radical (unpaired) electrons. The van der Waals surface area contributed by atoms with Crippen LogP contribution in [0.4, 0.5) is 0 Å². The van der Waals surface area contributed by atoms with Crippen LogP contribution in [0.2, 0.25) is 0 Å². The summed E-state index contributed by atoms with van der Waals surface area (Å²) >= 11 is 3.29. The van der Waals surface area contributed by atoms with Crippen molar-refractivity contribution in [1.82, 2.24) is 24.6 Å². The van der Waals surface area contributed by atoms with E-state index in [4.69, 9.17) is 4.98 Å². The number of amides is 1. The summed E-state index contributed by atoms with van der Waals surface area (Å²) < 4.78 is 2.08. The normalized spacial score (nSPS) is 13.2. The van der Waals surface area contributed by atoms with Crippen LogP contribution in [-0.4, -0.2) is 37.1 Å². The first kappa shape index (κ1) is 20.0. The SMILES string of the molecule is O=C(c1ccc(-c2ccccc2)cc1)N1CCn2c(nnc2-c2csc(-c3cccs3)n2)C1. The van der Waals surface area contributed by atoms with Gasteiger partial charge in [-0.15, -0.1) is 32.9 Å². The van der Waals surface area contributed by atoms with Crippen LogP contribution in [0.1, 0.15) is 16.2 Å². The fourth-order valence-electron chi connectivity index (χ4n) is 4.03. The average molecular weight is 470 g/mol. The van der Waals surface area contributed by atoms with Gasteiger partial charge in [-0.1, -0.05) is 48.5 Å². The molecule has 0 saturated heterocycles. The Hall–Kier alpha value is -3.62. The van der Waals surface area contributed by atoms with Gasteiger partial charge in [0.2, 0.25) is 0 Å². The van der Waals surface area contributed by atoms with Crippen molar-refractivity contribution in [3.63, 3.8) is 0 Å². The van der Waals surface area contributed by atoms with Crippen molar-refractivity contribution in [3.05, 3.63) is 88.9 Å². The van der Waals surface area contributed by atoms with Gasteiger partial charge in [0.1, 0.15) is 10.7 Å². The Balaban J connectivity index is 1.19. The molecule has 5 aromatic rings. The Kier molecular flexibility index (Phi) is 5.09. The van der Waals surface area contributed by atoms with E-state index in [2.05, 4.69) is 38.3 Å². The molecule has 3 aromatic heterocycles. The number of benzene rings is 2. The average Bonchev–Trinajstić information content (AvgIpc) is 3.64.